The van der Waals surface area contributed by atoms with Crippen molar-refractivity contribution in [2.24, 2.45) is 0 Å². The van der Waals surface area contributed by atoms with E-state index in [2.05, 4.69) is 96.1 Å². The van der Waals surface area contributed by atoms with Gasteiger partial charge in [0.25, 0.3) is 0 Å². The molecular weight excluding hydrogens is 283 g/mol. The third-order valence-electron chi connectivity index (χ3n) is 4.37. The van der Waals surface area contributed by atoms with Gasteiger partial charge in [-0.25, -0.2) is 0 Å². The Balaban J connectivity index is 2.64. The Bertz CT molecular complexity index is 605. The van der Waals surface area contributed by atoms with E-state index in [9.17, 15) is 0 Å². The van der Waals surface area contributed by atoms with Gasteiger partial charge in [-0.2, -0.15) is 0 Å². The second kappa shape index (κ2) is 6.55. The lowest BCUT2D eigenvalue weighted by Gasteiger charge is -2.44. The molecule has 0 aliphatic heterocycles. The summed E-state index contributed by atoms with van der Waals surface area (Å²) in [7, 11) is -0.285. The van der Waals surface area contributed by atoms with E-state index in [1.54, 1.807) is 5.30 Å². The first kappa shape index (κ1) is 17.2. The molecule has 0 aromatic heterocycles. The van der Waals surface area contributed by atoms with Gasteiger partial charge in [0.2, 0.25) is 0 Å². The third kappa shape index (κ3) is 3.61. The molecule has 2 rings (SSSR count). The molecule has 0 amide bonds. The Hall–Kier alpha value is -1.13. The van der Waals surface area contributed by atoms with Crippen LogP contribution in [0.25, 0.3) is 11.1 Å². The Labute approximate surface area is 137 Å². The zero-order valence-electron chi connectivity index (χ0n) is 14.9. The Morgan fingerprint density at radius 2 is 1.32 bits per heavy atom. The van der Waals surface area contributed by atoms with Crippen molar-refractivity contribution in [2.45, 2.75) is 58.3 Å². The molecule has 0 aliphatic carbocycles. The van der Waals surface area contributed by atoms with Crippen molar-refractivity contribution in [1.29, 1.82) is 0 Å². The second-order valence-electron chi connectivity index (χ2n) is 7.56. The van der Waals surface area contributed by atoms with Crippen LogP contribution in [-0.4, -0.2) is 10.3 Å². The van der Waals surface area contributed by atoms with Crippen LogP contribution in [0.15, 0.2) is 54.6 Å². The minimum atomic E-state index is -0.285. The molecule has 2 aromatic carbocycles. The molecule has 1 atom stereocenters. The van der Waals surface area contributed by atoms with Crippen molar-refractivity contribution < 1.29 is 0 Å². The smallest absolute Gasteiger partial charge is 0.0107 e. The van der Waals surface area contributed by atoms with Gasteiger partial charge >= 0.3 is 0 Å². The molecule has 2 aromatic rings. The molecule has 0 saturated carbocycles. The van der Waals surface area contributed by atoms with Crippen LogP contribution in [0.4, 0.5) is 0 Å². The molecule has 0 saturated heterocycles. The summed E-state index contributed by atoms with van der Waals surface area (Å²) in [5.74, 6) is 0. The maximum atomic E-state index is 2.44. The standard InChI is InChI=1S/C21H29P/c1-7-21(5,6)22(20(2,3)4)19-16-12-11-15-18(19)17-13-9-8-10-14-17/h8-16H,7H2,1-6H3. The molecule has 0 N–H and O–H groups in total. The van der Waals surface area contributed by atoms with Crippen LogP contribution in [-0.2, 0) is 0 Å². The summed E-state index contributed by atoms with van der Waals surface area (Å²) in [6, 6.07) is 19.8. The molecule has 118 valence electrons. The van der Waals surface area contributed by atoms with Gasteiger partial charge < -0.3 is 0 Å². The van der Waals surface area contributed by atoms with Crippen molar-refractivity contribution in [3.05, 3.63) is 54.6 Å². The van der Waals surface area contributed by atoms with Gasteiger partial charge in [0.05, 0.1) is 0 Å². The highest BCUT2D eigenvalue weighted by Crippen LogP contribution is 2.60. The minimum absolute atomic E-state index is 0.285. The minimum Gasteiger partial charge on any atom is -0.0645 e. The molecule has 0 radical (unpaired) electrons. The predicted molar refractivity (Wildman–Crippen MR) is 103 cm³/mol. The third-order valence-corrected chi connectivity index (χ3v) is 8.11. The number of hydrogen-bond donors (Lipinski definition) is 0. The van der Waals surface area contributed by atoms with Crippen LogP contribution in [0.2, 0.25) is 0 Å². The average molecular weight is 312 g/mol. The summed E-state index contributed by atoms with van der Waals surface area (Å²) >= 11 is 0. The van der Waals surface area contributed by atoms with Gasteiger partial charge in [0.15, 0.2) is 0 Å². The summed E-state index contributed by atoms with van der Waals surface area (Å²) in [6.07, 6.45) is 1.21. The Morgan fingerprint density at radius 3 is 1.86 bits per heavy atom. The first-order chi connectivity index (χ1) is 10.3. The van der Waals surface area contributed by atoms with Crippen molar-refractivity contribution in [2.75, 3.05) is 0 Å². The first-order valence-electron chi connectivity index (χ1n) is 8.22. The molecule has 0 spiro atoms. The fraction of sp³-hybridized carbons (Fsp3) is 0.429. The molecule has 1 unspecified atom stereocenters. The monoisotopic (exact) mass is 312 g/mol. The average Bonchev–Trinajstić information content (AvgIpc) is 2.47. The normalized spacial score (nSPS) is 13.9. The Morgan fingerprint density at radius 1 is 0.773 bits per heavy atom. The van der Waals surface area contributed by atoms with E-state index < -0.39 is 0 Å². The number of rotatable bonds is 4. The highest BCUT2D eigenvalue weighted by atomic mass is 31.1. The SMILES string of the molecule is CCC(C)(C)P(c1ccccc1-c1ccccc1)C(C)(C)C. The number of hydrogen-bond acceptors (Lipinski definition) is 0. The Kier molecular flexibility index (Phi) is 5.13. The van der Waals surface area contributed by atoms with Crippen molar-refractivity contribution in [1.82, 2.24) is 0 Å². The fourth-order valence-electron chi connectivity index (χ4n) is 3.28. The molecular formula is C21H29P. The van der Waals surface area contributed by atoms with E-state index >= 15 is 0 Å². The lowest BCUT2D eigenvalue weighted by Crippen LogP contribution is -2.33. The van der Waals surface area contributed by atoms with Gasteiger partial charge in [0, 0.05) is 0 Å². The molecule has 0 aliphatic rings. The zero-order valence-corrected chi connectivity index (χ0v) is 15.7. The summed E-state index contributed by atoms with van der Waals surface area (Å²) in [4.78, 5) is 0. The molecule has 0 heterocycles. The van der Waals surface area contributed by atoms with E-state index in [0.717, 1.165) is 0 Å². The van der Waals surface area contributed by atoms with Gasteiger partial charge in [-0.1, -0.05) is 104 Å². The molecule has 0 nitrogen and oxygen atoms in total. The molecule has 0 bridgehead atoms. The van der Waals surface area contributed by atoms with Gasteiger partial charge in [-0.05, 0) is 33.2 Å². The van der Waals surface area contributed by atoms with Gasteiger partial charge in [-0.15, -0.1) is 0 Å². The molecule has 1 heteroatoms. The fourth-order valence-corrected chi connectivity index (χ4v) is 7.47. The summed E-state index contributed by atoms with van der Waals surface area (Å²) in [6.45, 7) is 14.4. The lowest BCUT2D eigenvalue weighted by atomic mass is 10.1. The van der Waals surface area contributed by atoms with Crippen LogP contribution in [0.5, 0.6) is 0 Å². The summed E-state index contributed by atoms with van der Waals surface area (Å²) in [5, 5.41) is 2.17. The first-order valence-corrected chi connectivity index (χ1v) is 9.56. The van der Waals surface area contributed by atoms with E-state index in [1.807, 2.05) is 0 Å². The van der Waals surface area contributed by atoms with Crippen LogP contribution >= 0.6 is 7.92 Å². The topological polar surface area (TPSA) is 0 Å². The van der Waals surface area contributed by atoms with E-state index in [1.165, 1.54) is 17.5 Å². The van der Waals surface area contributed by atoms with Crippen LogP contribution < -0.4 is 5.30 Å². The van der Waals surface area contributed by atoms with Crippen molar-refractivity contribution in [3.8, 4) is 11.1 Å². The van der Waals surface area contributed by atoms with Crippen molar-refractivity contribution in [3.63, 3.8) is 0 Å². The van der Waals surface area contributed by atoms with Gasteiger partial charge in [0.1, 0.15) is 0 Å². The number of benzene rings is 2. The highest BCUT2D eigenvalue weighted by Gasteiger charge is 2.38. The molecule has 22 heavy (non-hydrogen) atoms. The van der Waals surface area contributed by atoms with E-state index in [0.29, 0.717) is 10.3 Å². The highest BCUT2D eigenvalue weighted by molar-refractivity contribution is 7.68. The second-order valence-corrected chi connectivity index (χ2v) is 11.3. The maximum Gasteiger partial charge on any atom is -0.0107 e. The zero-order chi connectivity index (χ0) is 16.4. The lowest BCUT2D eigenvalue weighted by molar-refractivity contribution is 0.643. The van der Waals surface area contributed by atoms with E-state index in [4.69, 9.17) is 0 Å². The van der Waals surface area contributed by atoms with Crippen LogP contribution in [0, 0.1) is 0 Å². The van der Waals surface area contributed by atoms with Crippen LogP contribution in [0.1, 0.15) is 48.0 Å². The quantitative estimate of drug-likeness (QED) is 0.569. The summed E-state index contributed by atoms with van der Waals surface area (Å²) in [5.41, 5.74) is 2.74. The molecule has 0 fully saturated rings. The van der Waals surface area contributed by atoms with Gasteiger partial charge in [-0.3, -0.25) is 0 Å². The van der Waals surface area contributed by atoms with Crippen LogP contribution in [0.3, 0.4) is 0 Å². The predicted octanol–water partition coefficient (Wildman–Crippen LogP) is 6.45. The van der Waals surface area contributed by atoms with Crippen molar-refractivity contribution >= 4 is 13.2 Å². The maximum absolute atomic E-state index is 2.44. The summed E-state index contributed by atoms with van der Waals surface area (Å²) < 4.78 is 0. The largest absolute Gasteiger partial charge is 0.0645 e. The van der Waals surface area contributed by atoms with E-state index in [-0.39, 0.29) is 7.92 Å².